The summed E-state index contributed by atoms with van der Waals surface area (Å²) in [6, 6.07) is 7.53. The maximum atomic E-state index is 12.3. The van der Waals surface area contributed by atoms with E-state index in [0.717, 1.165) is 11.3 Å². The van der Waals surface area contributed by atoms with Crippen molar-refractivity contribution in [2.24, 2.45) is 0 Å². The molecule has 2 aliphatic rings. The largest absolute Gasteiger partial charge is 0.294 e. The van der Waals surface area contributed by atoms with Gasteiger partial charge in [0.2, 0.25) is 5.91 Å². The van der Waals surface area contributed by atoms with Gasteiger partial charge in [-0.2, -0.15) is 10.1 Å². The Labute approximate surface area is 121 Å². The summed E-state index contributed by atoms with van der Waals surface area (Å²) in [5.41, 5.74) is 1.01. The molecule has 4 rings (SSSR count). The van der Waals surface area contributed by atoms with Crippen LogP contribution in [0.1, 0.15) is 25.5 Å². The number of hydrogen-bond donors (Lipinski definition) is 0. The molecule has 2 aliphatic heterocycles. The Kier molecular flexibility index (Phi) is 2.21. The van der Waals surface area contributed by atoms with E-state index >= 15 is 0 Å². The summed E-state index contributed by atoms with van der Waals surface area (Å²) in [6.07, 6.45) is 1.13. The summed E-state index contributed by atoms with van der Waals surface area (Å²) in [7, 11) is 0. The maximum absolute atomic E-state index is 12.3. The summed E-state index contributed by atoms with van der Waals surface area (Å²) >= 11 is 0. The van der Waals surface area contributed by atoms with Gasteiger partial charge in [-0.05, 0) is 26.0 Å². The fraction of sp³-hybridized carbons (Fsp3) is 0.333. The van der Waals surface area contributed by atoms with E-state index in [9.17, 15) is 9.59 Å². The third-order valence-electron chi connectivity index (χ3n) is 4.35. The first kappa shape index (κ1) is 12.3. The van der Waals surface area contributed by atoms with Gasteiger partial charge in [0.15, 0.2) is 5.82 Å². The normalized spacial score (nSPS) is 22.8. The molecule has 0 spiro atoms. The lowest BCUT2D eigenvalue weighted by atomic mass is 10.0. The molecule has 1 amide bonds. The number of para-hydroxylation sites is 1. The van der Waals surface area contributed by atoms with Gasteiger partial charge < -0.3 is 0 Å². The summed E-state index contributed by atoms with van der Waals surface area (Å²) in [4.78, 5) is 30.2. The van der Waals surface area contributed by atoms with Gasteiger partial charge in [-0.25, -0.2) is 4.68 Å². The van der Waals surface area contributed by atoms with Crippen LogP contribution in [0.25, 0.3) is 11.4 Å². The minimum Gasteiger partial charge on any atom is -0.286 e. The van der Waals surface area contributed by atoms with Crippen molar-refractivity contribution in [3.8, 4) is 11.4 Å². The molecular weight excluding hydrogens is 268 g/mol. The number of amides is 1. The quantitative estimate of drug-likeness (QED) is 0.733. The van der Waals surface area contributed by atoms with Crippen LogP contribution in [0.5, 0.6) is 0 Å². The third kappa shape index (κ3) is 1.42. The molecule has 1 atom stereocenters. The van der Waals surface area contributed by atoms with Crippen LogP contribution in [-0.4, -0.2) is 20.7 Å². The van der Waals surface area contributed by atoms with E-state index in [2.05, 4.69) is 10.1 Å². The number of hydrogen-bond acceptors (Lipinski definition) is 4. The molecule has 0 N–H and O–H groups in total. The highest BCUT2D eigenvalue weighted by molar-refractivity contribution is 6.01. The minimum atomic E-state index is -0.591. The van der Waals surface area contributed by atoms with E-state index in [4.69, 9.17) is 0 Å². The Balaban J connectivity index is 2.14. The van der Waals surface area contributed by atoms with Gasteiger partial charge in [0.05, 0.1) is 5.69 Å². The second-order valence-corrected chi connectivity index (χ2v) is 5.70. The van der Waals surface area contributed by atoms with Crippen LogP contribution >= 0.6 is 0 Å². The second kappa shape index (κ2) is 3.78. The highest BCUT2D eigenvalue weighted by Crippen LogP contribution is 2.47. The van der Waals surface area contributed by atoms with Crippen LogP contribution in [0, 0.1) is 6.92 Å². The molecule has 0 unspecified atom stereocenters. The molecule has 6 nitrogen and oxygen atoms in total. The Bertz CT molecular complexity index is 842. The van der Waals surface area contributed by atoms with Crippen molar-refractivity contribution in [2.75, 3.05) is 4.90 Å². The number of fused-ring (bicyclic) bond motifs is 6. The molecule has 0 aliphatic carbocycles. The summed E-state index contributed by atoms with van der Waals surface area (Å²) in [6.45, 7) is 3.61. The van der Waals surface area contributed by atoms with Gasteiger partial charge in [0.25, 0.3) is 5.56 Å². The number of benzene rings is 1. The number of carbonyl (C=O) groups excluding carboxylic acids is 1. The maximum Gasteiger partial charge on any atom is 0.294 e. The van der Waals surface area contributed by atoms with E-state index in [1.54, 1.807) is 16.5 Å². The van der Waals surface area contributed by atoms with E-state index in [0.29, 0.717) is 24.4 Å². The molecule has 1 saturated heterocycles. The van der Waals surface area contributed by atoms with Crippen molar-refractivity contribution in [1.29, 1.82) is 0 Å². The van der Waals surface area contributed by atoms with Gasteiger partial charge >= 0.3 is 0 Å². The lowest BCUT2D eigenvalue weighted by molar-refractivity contribution is -0.117. The lowest BCUT2D eigenvalue weighted by Gasteiger charge is -2.41. The van der Waals surface area contributed by atoms with Crippen molar-refractivity contribution in [2.45, 2.75) is 32.4 Å². The molecular formula is C15H14N4O2. The van der Waals surface area contributed by atoms with Gasteiger partial charge in [0, 0.05) is 18.4 Å². The second-order valence-electron chi connectivity index (χ2n) is 5.70. The summed E-state index contributed by atoms with van der Waals surface area (Å²) < 4.78 is 1.73. The SMILES string of the molecule is Cc1nn2c(nc1=O)-c1ccccc1N1C(=O)CC[C@@]12C. The van der Waals surface area contributed by atoms with Gasteiger partial charge in [-0.3, -0.25) is 14.5 Å². The van der Waals surface area contributed by atoms with Crippen molar-refractivity contribution in [3.63, 3.8) is 0 Å². The molecule has 1 fully saturated rings. The number of aryl methyl sites for hydroxylation is 1. The average molecular weight is 282 g/mol. The predicted molar refractivity (Wildman–Crippen MR) is 76.8 cm³/mol. The van der Waals surface area contributed by atoms with E-state index in [1.165, 1.54) is 0 Å². The minimum absolute atomic E-state index is 0.0775. The standard InChI is InChI=1S/C15H14N4O2/c1-9-14(21)16-13-10-5-3-4-6-11(10)18-12(20)7-8-15(18,2)19(13)17-9/h3-6H,7-8H2,1-2H3/t15-/m0/s1. The van der Waals surface area contributed by atoms with Crippen molar-refractivity contribution in [3.05, 3.63) is 40.3 Å². The zero-order valence-corrected chi connectivity index (χ0v) is 11.8. The van der Waals surface area contributed by atoms with Gasteiger partial charge in [0.1, 0.15) is 11.4 Å². The van der Waals surface area contributed by atoms with E-state index in [-0.39, 0.29) is 11.5 Å². The number of nitrogens with zero attached hydrogens (tertiary/aromatic N) is 4. The van der Waals surface area contributed by atoms with Crippen LogP contribution in [-0.2, 0) is 10.5 Å². The molecule has 1 aromatic heterocycles. The number of rotatable bonds is 0. The summed E-state index contributed by atoms with van der Waals surface area (Å²) in [5, 5.41) is 4.41. The highest BCUT2D eigenvalue weighted by Gasteiger charge is 2.49. The Morgan fingerprint density at radius 3 is 2.81 bits per heavy atom. The Hall–Kier alpha value is -2.50. The Morgan fingerprint density at radius 1 is 1.24 bits per heavy atom. The van der Waals surface area contributed by atoms with E-state index in [1.807, 2.05) is 31.2 Å². The third-order valence-corrected chi connectivity index (χ3v) is 4.35. The molecule has 2 aromatic rings. The van der Waals surface area contributed by atoms with Crippen LogP contribution in [0.4, 0.5) is 5.69 Å². The molecule has 21 heavy (non-hydrogen) atoms. The zero-order chi connectivity index (χ0) is 14.8. The molecule has 106 valence electrons. The molecule has 0 saturated carbocycles. The molecule has 3 heterocycles. The topological polar surface area (TPSA) is 68.1 Å². The first-order valence-corrected chi connectivity index (χ1v) is 6.93. The number of aromatic nitrogens is 3. The van der Waals surface area contributed by atoms with Crippen molar-refractivity contribution >= 4 is 11.6 Å². The Morgan fingerprint density at radius 2 is 2.00 bits per heavy atom. The first-order chi connectivity index (χ1) is 10.0. The number of carbonyl (C=O) groups is 1. The monoisotopic (exact) mass is 282 g/mol. The fourth-order valence-electron chi connectivity index (χ4n) is 3.26. The molecule has 0 radical (unpaired) electrons. The van der Waals surface area contributed by atoms with Gasteiger partial charge in [-0.1, -0.05) is 12.1 Å². The molecule has 0 bridgehead atoms. The van der Waals surface area contributed by atoms with E-state index < -0.39 is 5.66 Å². The average Bonchev–Trinajstić information content (AvgIpc) is 2.78. The van der Waals surface area contributed by atoms with Gasteiger partial charge in [-0.15, -0.1) is 0 Å². The molecule has 6 heteroatoms. The lowest BCUT2D eigenvalue weighted by Crippen LogP contribution is -2.51. The summed E-state index contributed by atoms with van der Waals surface area (Å²) in [5.74, 6) is 0.614. The van der Waals surface area contributed by atoms with Crippen LogP contribution < -0.4 is 10.5 Å². The fourth-order valence-corrected chi connectivity index (χ4v) is 3.26. The first-order valence-electron chi connectivity index (χ1n) is 6.93. The smallest absolute Gasteiger partial charge is 0.286 e. The van der Waals surface area contributed by atoms with Crippen LogP contribution in [0.3, 0.4) is 0 Å². The highest BCUT2D eigenvalue weighted by atomic mass is 16.2. The van der Waals surface area contributed by atoms with Crippen LogP contribution in [0.2, 0.25) is 0 Å². The number of anilines is 1. The zero-order valence-electron chi connectivity index (χ0n) is 11.8. The van der Waals surface area contributed by atoms with Crippen LogP contribution in [0.15, 0.2) is 29.1 Å². The van der Waals surface area contributed by atoms with Crippen molar-refractivity contribution in [1.82, 2.24) is 14.8 Å². The molecule has 1 aromatic carbocycles. The predicted octanol–water partition coefficient (Wildman–Crippen LogP) is 1.43. The van der Waals surface area contributed by atoms with Crippen molar-refractivity contribution < 1.29 is 4.79 Å².